The van der Waals surface area contributed by atoms with Crippen molar-refractivity contribution in [3.63, 3.8) is 0 Å². The SMILES string of the molecule is CCOc1ccc(-c2cnc(NCc3cccc(Oc4ccccc4)c3)n2CCOC)cc1. The third kappa shape index (κ3) is 5.93. The van der Waals surface area contributed by atoms with Gasteiger partial charge in [0.15, 0.2) is 0 Å². The predicted octanol–water partition coefficient (Wildman–Crippen LogP) is 6.00. The van der Waals surface area contributed by atoms with Gasteiger partial charge in [0.05, 0.1) is 25.1 Å². The zero-order valence-corrected chi connectivity index (χ0v) is 19.0. The van der Waals surface area contributed by atoms with Gasteiger partial charge >= 0.3 is 0 Å². The number of nitrogens with zero attached hydrogens (tertiary/aromatic N) is 2. The Hall–Kier alpha value is -3.77. The Morgan fingerprint density at radius 2 is 1.67 bits per heavy atom. The standard InChI is InChI=1S/C27H29N3O3/c1-3-32-23-14-12-22(13-15-23)26-20-29-27(30(26)16-17-31-2)28-19-21-8-7-11-25(18-21)33-24-9-5-4-6-10-24/h4-15,18,20H,3,16-17,19H2,1-2H3,(H,28,29). The number of anilines is 1. The second-order valence-corrected chi connectivity index (χ2v) is 7.48. The van der Waals surface area contributed by atoms with Crippen LogP contribution in [0.25, 0.3) is 11.3 Å². The van der Waals surface area contributed by atoms with Crippen LogP contribution in [0.15, 0.2) is 85.1 Å². The Bertz CT molecular complexity index is 1140. The number of methoxy groups -OCH3 is 1. The molecule has 0 aliphatic heterocycles. The van der Waals surface area contributed by atoms with Gasteiger partial charge in [-0.15, -0.1) is 0 Å². The molecule has 0 atom stereocenters. The van der Waals surface area contributed by atoms with Gasteiger partial charge in [-0.1, -0.05) is 30.3 Å². The van der Waals surface area contributed by atoms with E-state index in [0.29, 0.717) is 26.3 Å². The average molecular weight is 444 g/mol. The fourth-order valence-electron chi connectivity index (χ4n) is 3.57. The van der Waals surface area contributed by atoms with Gasteiger partial charge in [-0.2, -0.15) is 0 Å². The van der Waals surface area contributed by atoms with E-state index in [9.17, 15) is 0 Å². The average Bonchev–Trinajstić information content (AvgIpc) is 3.25. The van der Waals surface area contributed by atoms with Crippen LogP contribution >= 0.6 is 0 Å². The zero-order valence-electron chi connectivity index (χ0n) is 19.0. The lowest BCUT2D eigenvalue weighted by Gasteiger charge is -2.14. The summed E-state index contributed by atoms with van der Waals surface area (Å²) >= 11 is 0. The smallest absolute Gasteiger partial charge is 0.203 e. The molecule has 0 amide bonds. The summed E-state index contributed by atoms with van der Waals surface area (Å²) in [6, 6.07) is 25.9. The Labute approximate surface area is 194 Å². The van der Waals surface area contributed by atoms with Crippen LogP contribution in [0.4, 0.5) is 5.95 Å². The molecule has 0 fully saturated rings. The molecule has 3 aromatic carbocycles. The minimum atomic E-state index is 0.593. The van der Waals surface area contributed by atoms with E-state index >= 15 is 0 Å². The second-order valence-electron chi connectivity index (χ2n) is 7.48. The summed E-state index contributed by atoms with van der Waals surface area (Å²) < 4.78 is 19.0. The number of imidazole rings is 1. The fraction of sp³-hybridized carbons (Fsp3) is 0.222. The van der Waals surface area contributed by atoms with Gasteiger partial charge in [-0.25, -0.2) is 4.98 Å². The first-order chi connectivity index (χ1) is 16.3. The molecule has 1 heterocycles. The van der Waals surface area contributed by atoms with Crippen molar-refractivity contribution < 1.29 is 14.2 Å². The number of ether oxygens (including phenoxy) is 3. The molecule has 0 radical (unpaired) electrons. The van der Waals surface area contributed by atoms with Crippen molar-refractivity contribution in [1.29, 1.82) is 0 Å². The Kier molecular flexibility index (Phi) is 7.61. The Balaban J connectivity index is 1.49. The molecule has 0 unspecified atom stereocenters. The molecule has 1 N–H and O–H groups in total. The fourth-order valence-corrected chi connectivity index (χ4v) is 3.57. The minimum Gasteiger partial charge on any atom is -0.494 e. The summed E-state index contributed by atoms with van der Waals surface area (Å²) in [6.45, 7) is 4.54. The third-order valence-electron chi connectivity index (χ3n) is 5.16. The van der Waals surface area contributed by atoms with Gasteiger partial charge in [0.1, 0.15) is 17.2 Å². The highest BCUT2D eigenvalue weighted by Crippen LogP contribution is 2.26. The summed E-state index contributed by atoms with van der Waals surface area (Å²) in [7, 11) is 1.71. The number of rotatable bonds is 11. The van der Waals surface area contributed by atoms with Crippen LogP contribution in [0.3, 0.4) is 0 Å². The first kappa shape index (κ1) is 22.4. The maximum absolute atomic E-state index is 5.96. The molecule has 0 bridgehead atoms. The molecule has 4 aromatic rings. The van der Waals surface area contributed by atoms with Gasteiger partial charge in [-0.05, 0) is 61.0 Å². The maximum atomic E-state index is 5.96. The van der Waals surface area contributed by atoms with Gasteiger partial charge in [0.25, 0.3) is 0 Å². The normalized spacial score (nSPS) is 10.7. The van der Waals surface area contributed by atoms with Crippen LogP contribution in [-0.4, -0.2) is 29.9 Å². The zero-order chi connectivity index (χ0) is 22.9. The number of benzene rings is 3. The van der Waals surface area contributed by atoms with Crippen molar-refractivity contribution in [3.05, 3.63) is 90.6 Å². The van der Waals surface area contributed by atoms with E-state index in [2.05, 4.69) is 33.1 Å². The summed E-state index contributed by atoms with van der Waals surface area (Å²) in [4.78, 5) is 4.64. The van der Waals surface area contributed by atoms with E-state index in [1.807, 2.05) is 73.8 Å². The van der Waals surface area contributed by atoms with Crippen molar-refractivity contribution in [2.75, 3.05) is 25.6 Å². The first-order valence-electron chi connectivity index (χ1n) is 11.1. The monoisotopic (exact) mass is 443 g/mol. The molecule has 0 saturated heterocycles. The Morgan fingerprint density at radius 3 is 2.42 bits per heavy atom. The lowest BCUT2D eigenvalue weighted by atomic mass is 10.1. The summed E-state index contributed by atoms with van der Waals surface area (Å²) in [5, 5.41) is 3.47. The number of nitrogens with one attached hydrogen (secondary N) is 1. The number of hydrogen-bond donors (Lipinski definition) is 1. The molecule has 1 aromatic heterocycles. The summed E-state index contributed by atoms with van der Waals surface area (Å²) in [5.74, 6) is 3.28. The molecule has 6 heteroatoms. The number of hydrogen-bond acceptors (Lipinski definition) is 5. The van der Waals surface area contributed by atoms with Crippen LogP contribution in [0.2, 0.25) is 0 Å². The molecule has 0 aliphatic rings. The van der Waals surface area contributed by atoms with Gasteiger partial charge in [0.2, 0.25) is 5.95 Å². The highest BCUT2D eigenvalue weighted by atomic mass is 16.5. The van der Waals surface area contributed by atoms with E-state index in [0.717, 1.165) is 40.0 Å². The largest absolute Gasteiger partial charge is 0.494 e. The van der Waals surface area contributed by atoms with E-state index < -0.39 is 0 Å². The minimum absolute atomic E-state index is 0.593. The van der Waals surface area contributed by atoms with Crippen LogP contribution < -0.4 is 14.8 Å². The number of aromatic nitrogens is 2. The van der Waals surface area contributed by atoms with Crippen molar-refractivity contribution in [2.45, 2.75) is 20.0 Å². The van der Waals surface area contributed by atoms with Crippen molar-refractivity contribution >= 4 is 5.95 Å². The number of para-hydroxylation sites is 1. The lowest BCUT2D eigenvalue weighted by Crippen LogP contribution is -2.11. The van der Waals surface area contributed by atoms with E-state index in [4.69, 9.17) is 14.2 Å². The molecule has 4 rings (SSSR count). The van der Waals surface area contributed by atoms with E-state index in [1.54, 1.807) is 7.11 Å². The molecule has 0 spiro atoms. The molecule has 0 saturated carbocycles. The summed E-state index contributed by atoms with van der Waals surface area (Å²) in [5.41, 5.74) is 3.21. The van der Waals surface area contributed by atoms with Crippen molar-refractivity contribution in [2.24, 2.45) is 0 Å². The van der Waals surface area contributed by atoms with Gasteiger partial charge < -0.3 is 24.1 Å². The summed E-state index contributed by atoms with van der Waals surface area (Å²) in [6.07, 6.45) is 1.89. The molecule has 0 aliphatic carbocycles. The highest BCUT2D eigenvalue weighted by molar-refractivity contribution is 5.62. The molecule has 6 nitrogen and oxygen atoms in total. The van der Waals surface area contributed by atoms with Crippen molar-refractivity contribution in [1.82, 2.24) is 9.55 Å². The molecular formula is C27H29N3O3. The maximum Gasteiger partial charge on any atom is 0.203 e. The third-order valence-corrected chi connectivity index (χ3v) is 5.16. The van der Waals surface area contributed by atoms with Crippen molar-refractivity contribution in [3.8, 4) is 28.5 Å². The van der Waals surface area contributed by atoms with Crippen LogP contribution in [0.1, 0.15) is 12.5 Å². The van der Waals surface area contributed by atoms with Crippen LogP contribution in [0, 0.1) is 0 Å². The van der Waals surface area contributed by atoms with Crippen LogP contribution in [-0.2, 0) is 17.8 Å². The van der Waals surface area contributed by atoms with E-state index in [1.165, 1.54) is 0 Å². The quantitative estimate of drug-likeness (QED) is 0.308. The molecule has 170 valence electrons. The highest BCUT2D eigenvalue weighted by Gasteiger charge is 2.12. The van der Waals surface area contributed by atoms with E-state index in [-0.39, 0.29) is 0 Å². The second kappa shape index (κ2) is 11.2. The first-order valence-corrected chi connectivity index (χ1v) is 11.1. The van der Waals surface area contributed by atoms with Gasteiger partial charge in [-0.3, -0.25) is 0 Å². The topological polar surface area (TPSA) is 57.5 Å². The predicted molar refractivity (Wildman–Crippen MR) is 131 cm³/mol. The molecule has 33 heavy (non-hydrogen) atoms. The Morgan fingerprint density at radius 1 is 0.879 bits per heavy atom. The lowest BCUT2D eigenvalue weighted by molar-refractivity contribution is 0.188. The van der Waals surface area contributed by atoms with Crippen LogP contribution in [0.5, 0.6) is 17.2 Å². The van der Waals surface area contributed by atoms with Gasteiger partial charge in [0, 0.05) is 25.8 Å². The molecular weight excluding hydrogens is 414 g/mol.